The number of halogens is 2. The van der Waals surface area contributed by atoms with Crippen molar-refractivity contribution in [3.8, 4) is 5.75 Å². The molecule has 7 heteroatoms. The highest BCUT2D eigenvalue weighted by atomic mass is 35.5. The Hall–Kier alpha value is -1.63. The number of piperidine rings is 1. The number of methoxy groups -OCH3 is 1. The number of likely N-dealkylation sites (tertiary alicyclic amines) is 1. The zero-order chi connectivity index (χ0) is 16.9. The van der Waals surface area contributed by atoms with Crippen LogP contribution in [0.15, 0.2) is 24.4 Å². The van der Waals surface area contributed by atoms with Crippen LogP contribution in [0.5, 0.6) is 5.75 Å². The van der Waals surface area contributed by atoms with E-state index >= 15 is 0 Å². The van der Waals surface area contributed by atoms with Crippen LogP contribution in [0, 0.1) is 12.7 Å². The minimum Gasteiger partial charge on any atom is -0.494 e. The van der Waals surface area contributed by atoms with Gasteiger partial charge in [0.05, 0.1) is 13.3 Å². The van der Waals surface area contributed by atoms with Gasteiger partial charge in [-0.25, -0.2) is 4.39 Å². The fraction of sp³-hybridized carbons (Fsp3) is 0.500. The van der Waals surface area contributed by atoms with E-state index in [0.717, 1.165) is 50.3 Å². The molecule has 0 spiro atoms. The molecule has 1 aliphatic rings. The first kappa shape index (κ1) is 19.7. The summed E-state index contributed by atoms with van der Waals surface area (Å²) < 4.78 is 18.7. The van der Waals surface area contributed by atoms with Gasteiger partial charge < -0.3 is 10.1 Å². The predicted octanol–water partition coefficient (Wildman–Crippen LogP) is 3.04. The lowest BCUT2D eigenvalue weighted by molar-refractivity contribution is 0.190. The standard InChI is InChI=1S/C18H25FN4O.ClH/c1-13-15(11-21-22-13)10-20-16-5-7-23(8-6-16)12-14-3-4-18(24-2)17(19)9-14;/h3-4,9,11,16,20H,5-8,10,12H2,1-2H3,(H,21,22);1H. The Morgan fingerprint density at radius 2 is 2.12 bits per heavy atom. The Balaban J connectivity index is 0.00000225. The van der Waals surface area contributed by atoms with Crippen LogP contribution >= 0.6 is 12.4 Å². The molecule has 2 heterocycles. The van der Waals surface area contributed by atoms with Crippen LogP contribution in [0.3, 0.4) is 0 Å². The molecule has 2 N–H and O–H groups in total. The van der Waals surface area contributed by atoms with Crippen molar-refractivity contribution in [3.05, 3.63) is 47.0 Å². The zero-order valence-electron chi connectivity index (χ0n) is 14.7. The van der Waals surface area contributed by atoms with Crippen LogP contribution in [-0.4, -0.2) is 41.3 Å². The van der Waals surface area contributed by atoms with Crippen LogP contribution in [0.25, 0.3) is 0 Å². The molecule has 1 aromatic carbocycles. The van der Waals surface area contributed by atoms with Crippen LogP contribution in [-0.2, 0) is 13.1 Å². The third kappa shape index (κ3) is 5.17. The summed E-state index contributed by atoms with van der Waals surface area (Å²) in [6.45, 7) is 5.73. The molecule has 0 amide bonds. The number of aromatic nitrogens is 2. The quantitative estimate of drug-likeness (QED) is 0.822. The van der Waals surface area contributed by atoms with Crippen molar-refractivity contribution in [1.82, 2.24) is 20.4 Å². The first-order chi connectivity index (χ1) is 11.7. The van der Waals surface area contributed by atoms with E-state index in [0.29, 0.717) is 11.8 Å². The summed E-state index contributed by atoms with van der Waals surface area (Å²) in [4.78, 5) is 2.38. The minimum atomic E-state index is -0.290. The van der Waals surface area contributed by atoms with Gasteiger partial charge >= 0.3 is 0 Å². The average molecular weight is 369 g/mol. The van der Waals surface area contributed by atoms with E-state index in [1.54, 1.807) is 12.1 Å². The Morgan fingerprint density at radius 3 is 2.72 bits per heavy atom. The number of nitrogens with zero attached hydrogens (tertiary/aromatic N) is 2. The molecular formula is C18H26ClFN4O. The van der Waals surface area contributed by atoms with Gasteiger partial charge in [0.25, 0.3) is 0 Å². The van der Waals surface area contributed by atoms with Crippen molar-refractivity contribution in [2.45, 2.75) is 38.9 Å². The first-order valence-electron chi connectivity index (χ1n) is 8.42. The molecule has 3 rings (SSSR count). The summed E-state index contributed by atoms with van der Waals surface area (Å²) in [5, 5.41) is 10.6. The van der Waals surface area contributed by atoms with E-state index in [-0.39, 0.29) is 18.2 Å². The van der Waals surface area contributed by atoms with Crippen molar-refractivity contribution < 1.29 is 9.13 Å². The van der Waals surface area contributed by atoms with Crippen molar-refractivity contribution in [1.29, 1.82) is 0 Å². The molecule has 0 unspecified atom stereocenters. The Morgan fingerprint density at radius 1 is 1.36 bits per heavy atom. The second-order valence-electron chi connectivity index (χ2n) is 6.42. The maximum Gasteiger partial charge on any atom is 0.165 e. The van der Waals surface area contributed by atoms with E-state index in [4.69, 9.17) is 4.74 Å². The molecular weight excluding hydrogens is 343 g/mol. The highest BCUT2D eigenvalue weighted by molar-refractivity contribution is 5.85. The number of aryl methyl sites for hydroxylation is 1. The molecule has 0 bridgehead atoms. The van der Waals surface area contributed by atoms with Crippen LogP contribution in [0.1, 0.15) is 29.7 Å². The highest BCUT2D eigenvalue weighted by Crippen LogP contribution is 2.20. The van der Waals surface area contributed by atoms with Gasteiger partial charge in [0, 0.05) is 30.4 Å². The van der Waals surface area contributed by atoms with Gasteiger partial charge in [-0.05, 0) is 50.6 Å². The normalized spacial score (nSPS) is 15.8. The average Bonchev–Trinajstić information content (AvgIpc) is 2.99. The number of benzene rings is 1. The van der Waals surface area contributed by atoms with E-state index in [1.165, 1.54) is 12.7 Å². The molecule has 2 aromatic rings. The lowest BCUT2D eigenvalue weighted by atomic mass is 10.0. The molecule has 0 radical (unpaired) electrons. The molecule has 1 saturated heterocycles. The van der Waals surface area contributed by atoms with Gasteiger partial charge in [-0.1, -0.05) is 6.07 Å². The summed E-state index contributed by atoms with van der Waals surface area (Å²) >= 11 is 0. The lowest BCUT2D eigenvalue weighted by Gasteiger charge is -2.32. The zero-order valence-corrected chi connectivity index (χ0v) is 15.5. The van der Waals surface area contributed by atoms with Crippen molar-refractivity contribution in [2.75, 3.05) is 20.2 Å². The van der Waals surface area contributed by atoms with Gasteiger partial charge in [-0.3, -0.25) is 10.00 Å². The van der Waals surface area contributed by atoms with Crippen molar-refractivity contribution in [2.24, 2.45) is 0 Å². The SMILES string of the molecule is COc1ccc(CN2CCC(NCc3cn[nH]c3C)CC2)cc1F.Cl. The highest BCUT2D eigenvalue weighted by Gasteiger charge is 2.19. The summed E-state index contributed by atoms with van der Waals surface area (Å²) in [6.07, 6.45) is 4.10. The Bertz CT molecular complexity index is 671. The van der Waals surface area contributed by atoms with Gasteiger partial charge in [-0.15, -0.1) is 12.4 Å². The van der Waals surface area contributed by atoms with E-state index < -0.39 is 0 Å². The third-order valence-corrected chi connectivity index (χ3v) is 4.73. The lowest BCUT2D eigenvalue weighted by Crippen LogP contribution is -2.41. The predicted molar refractivity (Wildman–Crippen MR) is 98.7 cm³/mol. The van der Waals surface area contributed by atoms with E-state index in [9.17, 15) is 4.39 Å². The monoisotopic (exact) mass is 368 g/mol. The van der Waals surface area contributed by atoms with Crippen LogP contribution < -0.4 is 10.1 Å². The summed E-state index contributed by atoms with van der Waals surface area (Å²) in [6, 6.07) is 5.74. The number of aromatic amines is 1. The summed E-state index contributed by atoms with van der Waals surface area (Å²) in [7, 11) is 1.49. The van der Waals surface area contributed by atoms with Crippen molar-refractivity contribution in [3.63, 3.8) is 0 Å². The topological polar surface area (TPSA) is 53.2 Å². The molecule has 0 aliphatic carbocycles. The molecule has 5 nitrogen and oxygen atoms in total. The van der Waals surface area contributed by atoms with Gasteiger partial charge in [0.15, 0.2) is 11.6 Å². The molecule has 138 valence electrons. The van der Waals surface area contributed by atoms with Gasteiger partial charge in [0.2, 0.25) is 0 Å². The Labute approximate surface area is 154 Å². The number of ether oxygens (including phenoxy) is 1. The molecule has 0 saturated carbocycles. The number of hydrogen-bond acceptors (Lipinski definition) is 4. The second kappa shape index (κ2) is 9.17. The second-order valence-corrected chi connectivity index (χ2v) is 6.42. The Kier molecular flexibility index (Phi) is 7.23. The van der Waals surface area contributed by atoms with E-state index in [1.807, 2.05) is 19.2 Å². The minimum absolute atomic E-state index is 0. The third-order valence-electron chi connectivity index (χ3n) is 4.73. The van der Waals surface area contributed by atoms with Gasteiger partial charge in [0.1, 0.15) is 0 Å². The largest absolute Gasteiger partial charge is 0.494 e. The van der Waals surface area contributed by atoms with Crippen LogP contribution in [0.4, 0.5) is 4.39 Å². The number of H-pyrrole nitrogens is 1. The van der Waals surface area contributed by atoms with E-state index in [2.05, 4.69) is 20.4 Å². The van der Waals surface area contributed by atoms with Crippen molar-refractivity contribution >= 4 is 12.4 Å². The molecule has 0 atom stereocenters. The summed E-state index contributed by atoms with van der Waals surface area (Å²) in [5.41, 5.74) is 3.35. The molecule has 1 aliphatic heterocycles. The number of nitrogens with one attached hydrogen (secondary N) is 2. The smallest absolute Gasteiger partial charge is 0.165 e. The maximum absolute atomic E-state index is 13.8. The fourth-order valence-electron chi connectivity index (χ4n) is 3.17. The first-order valence-corrected chi connectivity index (χ1v) is 8.42. The molecule has 1 aromatic heterocycles. The fourth-order valence-corrected chi connectivity index (χ4v) is 3.17. The molecule has 1 fully saturated rings. The maximum atomic E-state index is 13.8. The van der Waals surface area contributed by atoms with Gasteiger partial charge in [-0.2, -0.15) is 5.10 Å². The number of rotatable bonds is 6. The summed E-state index contributed by atoms with van der Waals surface area (Å²) in [5.74, 6) is 0.0123. The van der Waals surface area contributed by atoms with Crippen LogP contribution in [0.2, 0.25) is 0 Å². The molecule has 25 heavy (non-hydrogen) atoms. The number of hydrogen-bond donors (Lipinski definition) is 2.